The highest BCUT2D eigenvalue weighted by Crippen LogP contribution is 2.34. The number of hydrogen-bond acceptors (Lipinski definition) is 2. The molecule has 0 fully saturated rings. The minimum absolute atomic E-state index is 0.00260. The Bertz CT molecular complexity index is 278. The Morgan fingerprint density at radius 1 is 0.857 bits per heavy atom. The van der Waals surface area contributed by atoms with E-state index >= 15 is 0 Å². The maximum atomic E-state index is 12.3. The summed E-state index contributed by atoms with van der Waals surface area (Å²) in [6, 6.07) is 0. The van der Waals surface area contributed by atoms with Crippen LogP contribution in [0.4, 0.5) is 0 Å². The molecule has 0 heterocycles. The van der Waals surface area contributed by atoms with Crippen LogP contribution in [0.3, 0.4) is 0 Å². The minimum Gasteiger partial charge on any atom is -0.465 e. The standard InChI is InChI=1S/C19H38O2/c1-7-9-10-11-12-13-16-21-17(20)19(6,8-2)15-14-18(3,4)5/h7-16H2,1-6H3. The molecular weight excluding hydrogens is 260 g/mol. The summed E-state index contributed by atoms with van der Waals surface area (Å²) in [5, 5.41) is 0. The van der Waals surface area contributed by atoms with Crippen molar-refractivity contribution in [1.82, 2.24) is 0 Å². The highest BCUT2D eigenvalue weighted by molar-refractivity contribution is 5.76. The number of ether oxygens (including phenoxy) is 1. The van der Waals surface area contributed by atoms with Crippen molar-refractivity contribution in [3.63, 3.8) is 0 Å². The molecule has 0 aromatic heterocycles. The normalized spacial score (nSPS) is 14.8. The largest absolute Gasteiger partial charge is 0.465 e. The van der Waals surface area contributed by atoms with E-state index in [9.17, 15) is 4.79 Å². The number of carbonyl (C=O) groups is 1. The van der Waals surface area contributed by atoms with E-state index < -0.39 is 0 Å². The molecule has 1 unspecified atom stereocenters. The Labute approximate surface area is 133 Å². The molecule has 1 atom stereocenters. The SMILES string of the molecule is CCCCCCCCOC(=O)C(C)(CC)CCC(C)(C)C. The van der Waals surface area contributed by atoms with Crippen molar-refractivity contribution >= 4 is 5.97 Å². The van der Waals surface area contributed by atoms with E-state index in [1.54, 1.807) is 0 Å². The zero-order chi connectivity index (χ0) is 16.4. The minimum atomic E-state index is -0.310. The first-order chi connectivity index (χ1) is 9.75. The fourth-order valence-corrected chi connectivity index (χ4v) is 2.30. The smallest absolute Gasteiger partial charge is 0.311 e. The van der Waals surface area contributed by atoms with E-state index in [1.807, 2.05) is 0 Å². The highest BCUT2D eigenvalue weighted by Gasteiger charge is 2.33. The molecule has 0 saturated carbocycles. The van der Waals surface area contributed by atoms with Gasteiger partial charge in [0.2, 0.25) is 0 Å². The molecule has 0 amide bonds. The van der Waals surface area contributed by atoms with Crippen molar-refractivity contribution in [2.45, 2.75) is 99.3 Å². The highest BCUT2D eigenvalue weighted by atomic mass is 16.5. The lowest BCUT2D eigenvalue weighted by molar-refractivity contribution is -0.156. The molecular formula is C19H38O2. The van der Waals surface area contributed by atoms with Gasteiger partial charge in [-0.2, -0.15) is 0 Å². The summed E-state index contributed by atoms with van der Waals surface area (Å²) in [5.74, 6) is 0.00260. The van der Waals surface area contributed by atoms with Crippen LogP contribution < -0.4 is 0 Å². The predicted molar refractivity (Wildman–Crippen MR) is 91.4 cm³/mol. The molecule has 0 saturated heterocycles. The Kier molecular flexibility index (Phi) is 9.98. The molecule has 0 aromatic rings. The van der Waals surface area contributed by atoms with E-state index in [1.165, 1.54) is 32.1 Å². The van der Waals surface area contributed by atoms with Crippen molar-refractivity contribution in [3.05, 3.63) is 0 Å². The number of rotatable bonds is 11. The summed E-state index contributed by atoms with van der Waals surface area (Å²) < 4.78 is 5.53. The Morgan fingerprint density at radius 3 is 1.95 bits per heavy atom. The first-order valence-electron chi connectivity index (χ1n) is 8.92. The third kappa shape index (κ3) is 9.92. The molecule has 0 rings (SSSR count). The maximum absolute atomic E-state index is 12.3. The van der Waals surface area contributed by atoms with Crippen LogP contribution in [0.5, 0.6) is 0 Å². The van der Waals surface area contributed by atoms with E-state index in [2.05, 4.69) is 41.5 Å². The molecule has 0 aliphatic heterocycles. The lowest BCUT2D eigenvalue weighted by Gasteiger charge is -2.29. The van der Waals surface area contributed by atoms with Gasteiger partial charge in [-0.25, -0.2) is 0 Å². The van der Waals surface area contributed by atoms with Crippen LogP contribution in [0.1, 0.15) is 99.3 Å². The monoisotopic (exact) mass is 298 g/mol. The summed E-state index contributed by atoms with van der Waals surface area (Å²) in [6.45, 7) is 13.7. The van der Waals surface area contributed by atoms with Gasteiger partial charge >= 0.3 is 5.97 Å². The zero-order valence-electron chi connectivity index (χ0n) is 15.4. The number of carbonyl (C=O) groups excluding carboxylic acids is 1. The van der Waals surface area contributed by atoms with Gasteiger partial charge in [0.15, 0.2) is 0 Å². The average molecular weight is 299 g/mol. The van der Waals surface area contributed by atoms with Crippen molar-refractivity contribution in [2.24, 2.45) is 10.8 Å². The molecule has 21 heavy (non-hydrogen) atoms. The average Bonchev–Trinajstić information content (AvgIpc) is 2.42. The van der Waals surface area contributed by atoms with Gasteiger partial charge in [0.05, 0.1) is 12.0 Å². The van der Waals surface area contributed by atoms with Crippen LogP contribution in [0.25, 0.3) is 0 Å². The molecule has 0 radical (unpaired) electrons. The van der Waals surface area contributed by atoms with Crippen molar-refractivity contribution < 1.29 is 9.53 Å². The van der Waals surface area contributed by atoms with Crippen LogP contribution in [-0.4, -0.2) is 12.6 Å². The van der Waals surface area contributed by atoms with Gasteiger partial charge in [-0.1, -0.05) is 66.7 Å². The summed E-state index contributed by atoms with van der Waals surface area (Å²) in [6.07, 6.45) is 10.2. The van der Waals surface area contributed by atoms with Gasteiger partial charge < -0.3 is 4.74 Å². The third-order valence-corrected chi connectivity index (χ3v) is 4.43. The molecule has 126 valence electrons. The second-order valence-corrected chi connectivity index (χ2v) is 7.88. The molecule has 0 spiro atoms. The molecule has 2 heteroatoms. The maximum Gasteiger partial charge on any atom is 0.311 e. The van der Waals surface area contributed by atoms with Crippen molar-refractivity contribution in [2.75, 3.05) is 6.61 Å². The predicted octanol–water partition coefficient (Wildman–Crippen LogP) is 6.13. The Balaban J connectivity index is 3.98. The van der Waals surface area contributed by atoms with Gasteiger partial charge in [0, 0.05) is 0 Å². The molecule has 0 aliphatic carbocycles. The number of unbranched alkanes of at least 4 members (excludes halogenated alkanes) is 5. The van der Waals surface area contributed by atoms with E-state index in [4.69, 9.17) is 4.74 Å². The van der Waals surface area contributed by atoms with Crippen LogP contribution >= 0.6 is 0 Å². The zero-order valence-corrected chi connectivity index (χ0v) is 15.4. The molecule has 0 aliphatic rings. The van der Waals surface area contributed by atoms with Crippen LogP contribution in [-0.2, 0) is 9.53 Å². The lowest BCUT2D eigenvalue weighted by Crippen LogP contribution is -2.31. The van der Waals surface area contributed by atoms with Gasteiger partial charge in [0.25, 0.3) is 0 Å². The fraction of sp³-hybridized carbons (Fsp3) is 0.947. The summed E-state index contributed by atoms with van der Waals surface area (Å²) >= 11 is 0. The molecule has 0 N–H and O–H groups in total. The van der Waals surface area contributed by atoms with Crippen LogP contribution in [0.2, 0.25) is 0 Å². The summed E-state index contributed by atoms with van der Waals surface area (Å²) in [5.41, 5.74) is -0.0362. The lowest BCUT2D eigenvalue weighted by atomic mass is 9.77. The molecule has 0 bridgehead atoms. The fourth-order valence-electron chi connectivity index (χ4n) is 2.30. The van der Waals surface area contributed by atoms with E-state index in [0.717, 1.165) is 25.7 Å². The third-order valence-electron chi connectivity index (χ3n) is 4.43. The Hall–Kier alpha value is -0.530. The first kappa shape index (κ1) is 20.5. The van der Waals surface area contributed by atoms with Crippen LogP contribution in [0, 0.1) is 10.8 Å². The molecule has 2 nitrogen and oxygen atoms in total. The molecule has 0 aromatic carbocycles. The van der Waals surface area contributed by atoms with Gasteiger partial charge in [-0.15, -0.1) is 0 Å². The van der Waals surface area contributed by atoms with E-state index in [-0.39, 0.29) is 16.8 Å². The Morgan fingerprint density at radius 2 is 1.43 bits per heavy atom. The van der Waals surface area contributed by atoms with E-state index in [0.29, 0.717) is 6.61 Å². The quantitative estimate of drug-likeness (QED) is 0.338. The summed E-state index contributed by atoms with van der Waals surface area (Å²) in [4.78, 5) is 12.3. The van der Waals surface area contributed by atoms with Crippen molar-refractivity contribution in [3.8, 4) is 0 Å². The van der Waals surface area contributed by atoms with Crippen molar-refractivity contribution in [1.29, 1.82) is 0 Å². The topological polar surface area (TPSA) is 26.3 Å². The van der Waals surface area contributed by atoms with Gasteiger partial charge in [-0.3, -0.25) is 4.79 Å². The second kappa shape index (κ2) is 10.2. The second-order valence-electron chi connectivity index (χ2n) is 7.88. The first-order valence-corrected chi connectivity index (χ1v) is 8.92. The number of esters is 1. The summed E-state index contributed by atoms with van der Waals surface area (Å²) in [7, 11) is 0. The number of hydrogen-bond donors (Lipinski definition) is 0. The van der Waals surface area contributed by atoms with Gasteiger partial charge in [-0.05, 0) is 38.0 Å². The van der Waals surface area contributed by atoms with Gasteiger partial charge in [0.1, 0.15) is 0 Å². The van der Waals surface area contributed by atoms with Crippen LogP contribution in [0.15, 0.2) is 0 Å².